The normalized spacial score (nSPS) is 14.1. The molecule has 0 aliphatic rings. The smallest absolute Gasteiger partial charge is 0.222 e. The highest BCUT2D eigenvalue weighted by Gasteiger charge is 2.19. The van der Waals surface area contributed by atoms with Crippen molar-refractivity contribution in [3.05, 3.63) is 35.6 Å². The van der Waals surface area contributed by atoms with E-state index in [1.165, 1.54) is 11.0 Å². The Morgan fingerprint density at radius 3 is 2.56 bits per heavy atom. The van der Waals surface area contributed by atoms with Crippen LogP contribution in [0.4, 0.5) is 4.39 Å². The standard InChI is InChI=1S/C14H20FNO2/c1-10(17)8-9-14(18)16(3)11(2)12-6-4-5-7-13(12)15/h4-7,10-11,17H,8-9H2,1-3H3. The van der Waals surface area contributed by atoms with E-state index in [0.717, 1.165) is 0 Å². The van der Waals surface area contributed by atoms with Crippen LogP contribution in [0.5, 0.6) is 0 Å². The molecule has 1 N–H and O–H groups in total. The van der Waals surface area contributed by atoms with Crippen molar-refractivity contribution in [2.24, 2.45) is 0 Å². The molecule has 0 aromatic heterocycles. The molecule has 0 spiro atoms. The van der Waals surface area contributed by atoms with Gasteiger partial charge in [0.2, 0.25) is 5.91 Å². The van der Waals surface area contributed by atoms with Gasteiger partial charge in [0.1, 0.15) is 5.82 Å². The van der Waals surface area contributed by atoms with Crippen molar-refractivity contribution < 1.29 is 14.3 Å². The van der Waals surface area contributed by atoms with Gasteiger partial charge in [0, 0.05) is 19.0 Å². The van der Waals surface area contributed by atoms with E-state index < -0.39 is 6.10 Å². The average Bonchev–Trinajstić information content (AvgIpc) is 2.34. The lowest BCUT2D eigenvalue weighted by atomic mass is 10.1. The molecular weight excluding hydrogens is 233 g/mol. The molecule has 18 heavy (non-hydrogen) atoms. The zero-order valence-corrected chi connectivity index (χ0v) is 11.1. The molecule has 0 saturated carbocycles. The monoisotopic (exact) mass is 253 g/mol. The number of hydrogen-bond acceptors (Lipinski definition) is 2. The number of aliphatic hydroxyl groups is 1. The minimum atomic E-state index is -0.494. The highest BCUT2D eigenvalue weighted by Crippen LogP contribution is 2.22. The Labute approximate surface area is 107 Å². The first-order valence-electron chi connectivity index (χ1n) is 6.11. The maximum atomic E-state index is 13.6. The molecule has 2 atom stereocenters. The van der Waals surface area contributed by atoms with Crippen molar-refractivity contribution in [1.29, 1.82) is 0 Å². The average molecular weight is 253 g/mol. The number of carbonyl (C=O) groups excluding carboxylic acids is 1. The fourth-order valence-electron chi connectivity index (χ4n) is 1.75. The van der Waals surface area contributed by atoms with Crippen molar-refractivity contribution in [3.63, 3.8) is 0 Å². The van der Waals surface area contributed by atoms with Gasteiger partial charge in [-0.05, 0) is 26.3 Å². The largest absolute Gasteiger partial charge is 0.393 e. The Bertz CT molecular complexity index is 407. The first kappa shape index (κ1) is 14.6. The van der Waals surface area contributed by atoms with Crippen molar-refractivity contribution in [1.82, 2.24) is 4.90 Å². The van der Waals surface area contributed by atoms with Crippen molar-refractivity contribution in [3.8, 4) is 0 Å². The molecule has 0 saturated heterocycles. The Morgan fingerprint density at radius 1 is 1.39 bits per heavy atom. The number of nitrogens with zero attached hydrogens (tertiary/aromatic N) is 1. The van der Waals surface area contributed by atoms with Crippen LogP contribution in [0.15, 0.2) is 24.3 Å². The minimum Gasteiger partial charge on any atom is -0.393 e. The van der Waals surface area contributed by atoms with Crippen LogP contribution in [0.3, 0.4) is 0 Å². The van der Waals surface area contributed by atoms with Crippen molar-refractivity contribution in [2.75, 3.05) is 7.05 Å². The second-order valence-corrected chi connectivity index (χ2v) is 4.59. The second-order valence-electron chi connectivity index (χ2n) is 4.59. The summed E-state index contributed by atoms with van der Waals surface area (Å²) in [4.78, 5) is 13.4. The van der Waals surface area contributed by atoms with Crippen molar-refractivity contribution >= 4 is 5.91 Å². The summed E-state index contributed by atoms with van der Waals surface area (Å²) in [6.45, 7) is 3.44. The molecule has 0 aliphatic carbocycles. The molecule has 3 nitrogen and oxygen atoms in total. The highest BCUT2D eigenvalue weighted by atomic mass is 19.1. The summed E-state index contributed by atoms with van der Waals surface area (Å²) in [5.41, 5.74) is 0.505. The van der Waals surface area contributed by atoms with E-state index in [9.17, 15) is 9.18 Å². The van der Waals surface area contributed by atoms with Gasteiger partial charge in [-0.2, -0.15) is 0 Å². The zero-order chi connectivity index (χ0) is 13.7. The first-order chi connectivity index (χ1) is 8.43. The molecular formula is C14H20FNO2. The number of amides is 1. The van der Waals surface area contributed by atoms with Crippen LogP contribution >= 0.6 is 0 Å². The predicted octanol–water partition coefficient (Wildman–Crippen LogP) is 2.51. The molecule has 0 radical (unpaired) electrons. The van der Waals surface area contributed by atoms with Gasteiger partial charge in [0.15, 0.2) is 0 Å². The number of halogens is 1. The maximum Gasteiger partial charge on any atom is 0.222 e. The lowest BCUT2D eigenvalue weighted by Gasteiger charge is -2.26. The number of benzene rings is 1. The summed E-state index contributed by atoms with van der Waals surface area (Å²) >= 11 is 0. The van der Waals surface area contributed by atoms with Gasteiger partial charge in [-0.15, -0.1) is 0 Å². The molecule has 1 aromatic rings. The lowest BCUT2D eigenvalue weighted by Crippen LogP contribution is -2.30. The van der Waals surface area contributed by atoms with Crippen molar-refractivity contribution in [2.45, 2.75) is 38.8 Å². The second kappa shape index (κ2) is 6.50. The minimum absolute atomic E-state index is 0.0911. The Hall–Kier alpha value is -1.42. The quantitative estimate of drug-likeness (QED) is 0.876. The molecule has 1 aromatic carbocycles. The van der Waals surface area contributed by atoms with E-state index in [1.54, 1.807) is 39.1 Å². The van der Waals surface area contributed by atoms with Crippen LogP contribution in [0.25, 0.3) is 0 Å². The highest BCUT2D eigenvalue weighted by molar-refractivity contribution is 5.76. The summed E-state index contributed by atoms with van der Waals surface area (Å²) in [5.74, 6) is -0.396. The maximum absolute atomic E-state index is 13.6. The molecule has 1 amide bonds. The summed E-state index contributed by atoms with van der Waals surface area (Å²) in [5, 5.41) is 9.15. The fourth-order valence-corrected chi connectivity index (χ4v) is 1.75. The summed E-state index contributed by atoms with van der Waals surface area (Å²) < 4.78 is 13.6. The zero-order valence-electron chi connectivity index (χ0n) is 11.1. The SMILES string of the molecule is CC(O)CCC(=O)N(C)C(C)c1ccccc1F. The molecule has 0 aliphatic heterocycles. The Morgan fingerprint density at radius 2 is 2.00 bits per heavy atom. The summed E-state index contributed by atoms with van der Waals surface area (Å²) in [6, 6.07) is 6.13. The Kier molecular flexibility index (Phi) is 5.28. The van der Waals surface area contributed by atoms with Crippen LogP contribution in [0, 0.1) is 5.82 Å². The number of hydrogen-bond donors (Lipinski definition) is 1. The van der Waals surface area contributed by atoms with E-state index in [-0.39, 0.29) is 24.2 Å². The molecule has 2 unspecified atom stereocenters. The predicted molar refractivity (Wildman–Crippen MR) is 68.5 cm³/mol. The van der Waals surface area contributed by atoms with Gasteiger partial charge in [0.05, 0.1) is 12.1 Å². The third kappa shape index (κ3) is 3.81. The third-order valence-corrected chi connectivity index (χ3v) is 3.11. The van der Waals surface area contributed by atoms with E-state index in [0.29, 0.717) is 12.0 Å². The fraction of sp³-hybridized carbons (Fsp3) is 0.500. The van der Waals surface area contributed by atoms with E-state index in [4.69, 9.17) is 5.11 Å². The van der Waals surface area contributed by atoms with Gasteiger partial charge in [0.25, 0.3) is 0 Å². The Balaban J connectivity index is 2.69. The summed E-state index contributed by atoms with van der Waals surface area (Å²) in [7, 11) is 1.65. The van der Waals surface area contributed by atoms with E-state index >= 15 is 0 Å². The van der Waals surface area contributed by atoms with Crippen LogP contribution < -0.4 is 0 Å². The number of carbonyl (C=O) groups is 1. The van der Waals surface area contributed by atoms with E-state index in [2.05, 4.69) is 0 Å². The van der Waals surface area contributed by atoms with Crippen LogP contribution in [-0.2, 0) is 4.79 Å². The molecule has 0 heterocycles. The van der Waals surface area contributed by atoms with Gasteiger partial charge in [-0.3, -0.25) is 4.79 Å². The van der Waals surface area contributed by atoms with Gasteiger partial charge in [-0.1, -0.05) is 18.2 Å². The molecule has 100 valence electrons. The molecule has 0 fully saturated rings. The number of aliphatic hydroxyl groups excluding tert-OH is 1. The molecule has 0 bridgehead atoms. The van der Waals surface area contributed by atoms with Crippen LogP contribution in [0.2, 0.25) is 0 Å². The van der Waals surface area contributed by atoms with E-state index in [1.807, 2.05) is 0 Å². The molecule has 1 rings (SSSR count). The van der Waals surface area contributed by atoms with Gasteiger partial charge >= 0.3 is 0 Å². The first-order valence-corrected chi connectivity index (χ1v) is 6.11. The van der Waals surface area contributed by atoms with Gasteiger partial charge in [-0.25, -0.2) is 4.39 Å². The molecule has 4 heteroatoms. The van der Waals surface area contributed by atoms with Gasteiger partial charge < -0.3 is 10.0 Å². The van der Waals surface area contributed by atoms with Crippen LogP contribution in [0.1, 0.15) is 38.3 Å². The summed E-state index contributed by atoms with van der Waals surface area (Å²) in [6.07, 6.45) is 0.200. The number of rotatable bonds is 5. The topological polar surface area (TPSA) is 40.5 Å². The lowest BCUT2D eigenvalue weighted by molar-refractivity contribution is -0.132. The van der Waals surface area contributed by atoms with Crippen LogP contribution in [-0.4, -0.2) is 29.1 Å². The third-order valence-electron chi connectivity index (χ3n) is 3.11.